The molecule has 36 heavy (non-hydrogen) atoms. The lowest BCUT2D eigenvalue weighted by Gasteiger charge is -2.39. The van der Waals surface area contributed by atoms with Gasteiger partial charge in [0.15, 0.2) is 5.65 Å². The van der Waals surface area contributed by atoms with Gasteiger partial charge < -0.3 is 20.1 Å². The van der Waals surface area contributed by atoms with Crippen molar-refractivity contribution in [2.75, 3.05) is 18.8 Å². The van der Waals surface area contributed by atoms with E-state index in [1.165, 1.54) is 12.4 Å². The molecule has 0 spiro atoms. The number of ether oxygens (including phenoxy) is 2. The number of nitrogens with zero attached hydrogens (tertiary/aromatic N) is 5. The van der Waals surface area contributed by atoms with Gasteiger partial charge in [-0.3, -0.25) is 0 Å². The van der Waals surface area contributed by atoms with Crippen molar-refractivity contribution in [3.05, 3.63) is 60.7 Å². The van der Waals surface area contributed by atoms with E-state index in [1.54, 1.807) is 33.8 Å². The summed E-state index contributed by atoms with van der Waals surface area (Å²) < 4.78 is 28.1. The predicted octanol–water partition coefficient (Wildman–Crippen LogP) is 4.87. The summed E-state index contributed by atoms with van der Waals surface area (Å²) >= 11 is 0. The van der Waals surface area contributed by atoms with Crippen molar-refractivity contribution in [1.29, 1.82) is 0 Å². The number of nitrogens with two attached hydrogens (primary N) is 1. The molecule has 5 rings (SSSR count). The third-order valence-electron chi connectivity index (χ3n) is 5.77. The highest BCUT2D eigenvalue weighted by Gasteiger charge is 2.34. The number of benzene rings is 2. The van der Waals surface area contributed by atoms with E-state index in [1.807, 2.05) is 39.0 Å². The van der Waals surface area contributed by atoms with Crippen molar-refractivity contribution in [2.24, 2.45) is 5.92 Å². The number of fused-ring (bicyclic) bond motifs is 1. The van der Waals surface area contributed by atoms with Crippen LogP contribution in [0.5, 0.6) is 11.5 Å². The minimum Gasteiger partial charge on any atom is -0.457 e. The maximum atomic E-state index is 15.3. The largest absolute Gasteiger partial charge is 0.457 e. The zero-order chi connectivity index (χ0) is 25.4. The second kappa shape index (κ2) is 9.10. The van der Waals surface area contributed by atoms with Crippen molar-refractivity contribution in [3.8, 4) is 22.8 Å². The number of para-hydroxylation sites is 1. The van der Waals surface area contributed by atoms with Gasteiger partial charge in [-0.1, -0.05) is 18.2 Å². The van der Waals surface area contributed by atoms with Gasteiger partial charge in [-0.25, -0.2) is 23.8 Å². The molecule has 0 atom stereocenters. The van der Waals surface area contributed by atoms with Gasteiger partial charge in [0.05, 0.1) is 5.39 Å². The average Bonchev–Trinajstić information content (AvgIpc) is 3.15. The molecule has 0 bridgehead atoms. The highest BCUT2D eigenvalue weighted by molar-refractivity contribution is 5.98. The Morgan fingerprint density at radius 2 is 1.86 bits per heavy atom. The van der Waals surface area contributed by atoms with Crippen LogP contribution in [-0.4, -0.2) is 49.4 Å². The Labute approximate surface area is 207 Å². The molecule has 4 aromatic rings. The van der Waals surface area contributed by atoms with E-state index < -0.39 is 11.4 Å². The van der Waals surface area contributed by atoms with E-state index >= 15 is 4.39 Å². The fourth-order valence-corrected chi connectivity index (χ4v) is 4.13. The summed E-state index contributed by atoms with van der Waals surface area (Å²) in [5.74, 6) is 0.841. The SMILES string of the molecule is CC(C)(C)OC(=O)N1CC(Cn2nc(-c3ccc(Oc4ccccc4)cc3F)c3c(N)ncnc32)C1. The molecule has 186 valence electrons. The first kappa shape index (κ1) is 23.5. The summed E-state index contributed by atoms with van der Waals surface area (Å²) in [6, 6.07) is 13.8. The first-order valence-corrected chi connectivity index (χ1v) is 11.7. The Balaban J connectivity index is 1.39. The van der Waals surface area contributed by atoms with Crippen LogP contribution in [0.15, 0.2) is 54.9 Å². The molecular weight excluding hydrogens is 463 g/mol. The summed E-state index contributed by atoms with van der Waals surface area (Å²) in [5, 5.41) is 5.15. The number of carbonyl (C=O) groups excluding carboxylic acids is 1. The number of likely N-dealkylation sites (tertiary alicyclic amines) is 1. The van der Waals surface area contributed by atoms with Crippen LogP contribution in [0.1, 0.15) is 20.8 Å². The summed E-state index contributed by atoms with van der Waals surface area (Å²) in [6.07, 6.45) is 1.02. The Hall–Kier alpha value is -4.21. The Kier molecular flexibility index (Phi) is 5.95. The number of halogens is 1. The van der Waals surface area contributed by atoms with Crippen LogP contribution < -0.4 is 10.5 Å². The van der Waals surface area contributed by atoms with Crippen molar-refractivity contribution in [1.82, 2.24) is 24.6 Å². The topological polar surface area (TPSA) is 108 Å². The molecule has 2 N–H and O–H groups in total. The molecule has 1 amide bonds. The summed E-state index contributed by atoms with van der Waals surface area (Å²) in [5.41, 5.74) is 6.76. The second-order valence-electron chi connectivity index (χ2n) is 9.80. The van der Waals surface area contributed by atoms with Crippen LogP contribution in [0.4, 0.5) is 15.0 Å². The van der Waals surface area contributed by atoms with Gasteiger partial charge in [0.25, 0.3) is 0 Å². The zero-order valence-corrected chi connectivity index (χ0v) is 20.3. The monoisotopic (exact) mass is 490 g/mol. The third kappa shape index (κ3) is 4.79. The second-order valence-corrected chi connectivity index (χ2v) is 9.80. The lowest BCUT2D eigenvalue weighted by atomic mass is 10.0. The lowest BCUT2D eigenvalue weighted by molar-refractivity contribution is -0.00365. The number of hydrogen-bond acceptors (Lipinski definition) is 7. The van der Waals surface area contributed by atoms with Gasteiger partial charge in [-0.15, -0.1) is 0 Å². The summed E-state index contributed by atoms with van der Waals surface area (Å²) in [6.45, 7) is 7.07. The molecule has 0 unspecified atom stereocenters. The molecule has 3 heterocycles. The molecule has 0 aliphatic carbocycles. The molecule has 0 radical (unpaired) electrons. The van der Waals surface area contributed by atoms with Gasteiger partial charge in [-0.05, 0) is 45.0 Å². The molecule has 9 nitrogen and oxygen atoms in total. The predicted molar refractivity (Wildman–Crippen MR) is 133 cm³/mol. The van der Waals surface area contributed by atoms with Gasteiger partial charge in [0.2, 0.25) is 0 Å². The van der Waals surface area contributed by atoms with Crippen molar-refractivity contribution in [2.45, 2.75) is 32.9 Å². The van der Waals surface area contributed by atoms with E-state index in [4.69, 9.17) is 15.2 Å². The number of nitrogen functional groups attached to an aromatic ring is 1. The standard InChI is InChI=1S/C26H27FN6O3/c1-26(2,3)36-25(34)32-12-16(13-32)14-33-24-21(23(28)29-15-30-24)22(31-33)19-10-9-18(11-20(19)27)35-17-7-5-4-6-8-17/h4-11,15-16H,12-14H2,1-3H3,(H2,28,29,30). The molecule has 1 aliphatic heterocycles. The number of amides is 1. The summed E-state index contributed by atoms with van der Waals surface area (Å²) in [4.78, 5) is 22.4. The smallest absolute Gasteiger partial charge is 0.410 e. The highest BCUT2D eigenvalue weighted by Crippen LogP contribution is 2.35. The van der Waals surface area contributed by atoms with Crippen LogP contribution in [-0.2, 0) is 11.3 Å². The molecule has 2 aromatic heterocycles. The lowest BCUT2D eigenvalue weighted by Crippen LogP contribution is -2.52. The minimum atomic E-state index is -0.546. The summed E-state index contributed by atoms with van der Waals surface area (Å²) in [7, 11) is 0. The molecule has 1 aliphatic rings. The van der Waals surface area contributed by atoms with Crippen molar-refractivity contribution in [3.63, 3.8) is 0 Å². The van der Waals surface area contributed by atoms with Crippen LogP contribution in [0.3, 0.4) is 0 Å². The van der Waals surface area contributed by atoms with E-state index in [2.05, 4.69) is 15.1 Å². The third-order valence-corrected chi connectivity index (χ3v) is 5.77. The van der Waals surface area contributed by atoms with Crippen molar-refractivity contribution < 1.29 is 18.7 Å². The van der Waals surface area contributed by atoms with Gasteiger partial charge in [0.1, 0.15) is 40.8 Å². The molecule has 2 aromatic carbocycles. The van der Waals surface area contributed by atoms with Crippen LogP contribution in [0.2, 0.25) is 0 Å². The Morgan fingerprint density at radius 3 is 2.56 bits per heavy atom. The molecule has 10 heteroatoms. The fourth-order valence-electron chi connectivity index (χ4n) is 4.13. The quantitative estimate of drug-likeness (QED) is 0.425. The molecular formula is C26H27FN6O3. The Bertz CT molecular complexity index is 1410. The average molecular weight is 491 g/mol. The van der Waals surface area contributed by atoms with E-state index in [0.29, 0.717) is 47.9 Å². The van der Waals surface area contributed by atoms with E-state index in [-0.39, 0.29) is 23.4 Å². The number of rotatable bonds is 5. The van der Waals surface area contributed by atoms with Crippen molar-refractivity contribution >= 4 is 22.9 Å². The number of aromatic nitrogens is 4. The number of anilines is 1. The van der Waals surface area contributed by atoms with Crippen LogP contribution in [0, 0.1) is 11.7 Å². The van der Waals surface area contributed by atoms with Crippen LogP contribution in [0.25, 0.3) is 22.3 Å². The van der Waals surface area contributed by atoms with E-state index in [0.717, 1.165) is 0 Å². The number of carbonyl (C=O) groups is 1. The highest BCUT2D eigenvalue weighted by atomic mass is 19.1. The van der Waals surface area contributed by atoms with Gasteiger partial charge >= 0.3 is 6.09 Å². The van der Waals surface area contributed by atoms with Crippen LogP contribution >= 0.6 is 0 Å². The maximum absolute atomic E-state index is 15.3. The first-order chi connectivity index (χ1) is 17.2. The maximum Gasteiger partial charge on any atom is 0.410 e. The molecule has 1 fully saturated rings. The minimum absolute atomic E-state index is 0.149. The Morgan fingerprint density at radius 1 is 1.11 bits per heavy atom. The normalized spacial score (nSPS) is 14.1. The fraction of sp³-hybridized carbons (Fsp3) is 0.308. The number of hydrogen-bond donors (Lipinski definition) is 1. The first-order valence-electron chi connectivity index (χ1n) is 11.7. The van der Waals surface area contributed by atoms with Gasteiger partial charge in [-0.2, -0.15) is 5.10 Å². The zero-order valence-electron chi connectivity index (χ0n) is 20.3. The van der Waals surface area contributed by atoms with Gasteiger partial charge in [0, 0.05) is 37.2 Å². The van der Waals surface area contributed by atoms with E-state index in [9.17, 15) is 4.79 Å². The molecule has 0 saturated carbocycles. The molecule has 1 saturated heterocycles.